The second kappa shape index (κ2) is 4.48. The van der Waals surface area contributed by atoms with E-state index in [-0.39, 0.29) is 6.04 Å². The molecule has 3 aliphatic rings. The molecule has 0 saturated carbocycles. The highest BCUT2D eigenvalue weighted by Crippen LogP contribution is 2.45. The highest BCUT2D eigenvalue weighted by Gasteiger charge is 2.42. The summed E-state index contributed by atoms with van der Waals surface area (Å²) >= 11 is 0. The molecule has 2 bridgehead atoms. The van der Waals surface area contributed by atoms with E-state index in [4.69, 9.17) is 11.5 Å². The van der Waals surface area contributed by atoms with Crippen molar-refractivity contribution in [3.05, 3.63) is 46.7 Å². The van der Waals surface area contributed by atoms with Gasteiger partial charge in [0.2, 0.25) is 5.79 Å². The Balaban J connectivity index is 1.70. The topological polar surface area (TPSA) is 88.5 Å². The van der Waals surface area contributed by atoms with Gasteiger partial charge in [-0.3, -0.25) is 5.73 Å². The van der Waals surface area contributed by atoms with Crippen LogP contribution in [0.1, 0.15) is 41.6 Å². The van der Waals surface area contributed by atoms with Crippen LogP contribution in [0.15, 0.2) is 35.0 Å². The third-order valence-electron chi connectivity index (χ3n) is 4.74. The van der Waals surface area contributed by atoms with Crippen molar-refractivity contribution in [2.24, 2.45) is 16.5 Å². The lowest BCUT2D eigenvalue weighted by atomic mass is 9.89. The van der Waals surface area contributed by atoms with Crippen molar-refractivity contribution in [1.82, 2.24) is 10.6 Å². The summed E-state index contributed by atoms with van der Waals surface area (Å²) in [7, 11) is 0. The number of fused-ring (bicyclic) bond motifs is 5. The number of hydrogen-bond acceptors (Lipinski definition) is 5. The smallest absolute Gasteiger partial charge is 0.383 e. The molecule has 6 N–H and O–H groups in total. The number of rotatable bonds is 1. The molecule has 3 atom stereocenters. The van der Waals surface area contributed by atoms with E-state index in [0.29, 0.717) is 11.6 Å². The van der Waals surface area contributed by atoms with Crippen molar-refractivity contribution in [2.45, 2.75) is 36.9 Å². The molecule has 3 aliphatic heterocycles. The van der Waals surface area contributed by atoms with E-state index in [1.54, 1.807) is 6.07 Å². The van der Waals surface area contributed by atoms with Gasteiger partial charge in [0.25, 0.3) is 0 Å². The summed E-state index contributed by atoms with van der Waals surface area (Å²) in [5, 5.41) is 6.03. The Morgan fingerprint density at radius 3 is 2.52 bits per heavy atom. The molecule has 0 spiro atoms. The summed E-state index contributed by atoms with van der Waals surface area (Å²) in [6, 6.07) is 6.30. The number of nitrogens with one attached hydrogen (secondary N) is 2. The molecule has 1 fully saturated rings. The predicted octanol–water partition coefficient (Wildman–Crippen LogP) is 1.64. The standard InChI is InChI=1S/C15H16F3N5/c16-14(17,18)10-6-21-15(20,23-13(10)19)7-1-2-8-9(5-7)12-4-3-11(8)22-12/h1-2,5-6,11-12,21-22H,3-4,20H2,(H2,19,23). The number of nitrogens with two attached hydrogens (primary N) is 2. The summed E-state index contributed by atoms with van der Waals surface area (Å²) in [6.07, 6.45) is -1.62. The molecule has 3 unspecified atom stereocenters. The van der Waals surface area contributed by atoms with Crippen molar-refractivity contribution in [3.8, 4) is 0 Å². The van der Waals surface area contributed by atoms with Crippen molar-refractivity contribution in [3.63, 3.8) is 0 Å². The van der Waals surface area contributed by atoms with Crippen LogP contribution in [0, 0.1) is 0 Å². The minimum atomic E-state index is -4.57. The molecule has 3 heterocycles. The Morgan fingerprint density at radius 1 is 1.17 bits per heavy atom. The monoisotopic (exact) mass is 323 g/mol. The maximum absolute atomic E-state index is 12.8. The van der Waals surface area contributed by atoms with Crippen LogP contribution in [-0.4, -0.2) is 12.0 Å². The van der Waals surface area contributed by atoms with Gasteiger partial charge in [-0.05, 0) is 30.0 Å². The van der Waals surface area contributed by atoms with E-state index < -0.39 is 23.4 Å². The summed E-state index contributed by atoms with van der Waals surface area (Å²) in [4.78, 5) is 3.87. The van der Waals surface area contributed by atoms with Gasteiger partial charge < -0.3 is 16.4 Å². The van der Waals surface area contributed by atoms with Gasteiger partial charge in [-0.15, -0.1) is 0 Å². The van der Waals surface area contributed by atoms with E-state index in [1.807, 2.05) is 12.1 Å². The number of hydrogen-bond donors (Lipinski definition) is 4. The van der Waals surface area contributed by atoms with Crippen LogP contribution in [0.25, 0.3) is 0 Å². The Labute approximate surface area is 130 Å². The third kappa shape index (κ3) is 2.13. The van der Waals surface area contributed by atoms with Crippen LogP contribution in [0.5, 0.6) is 0 Å². The fraction of sp³-hybridized carbons (Fsp3) is 0.400. The van der Waals surface area contributed by atoms with Crippen LogP contribution in [-0.2, 0) is 5.79 Å². The summed E-state index contributed by atoms with van der Waals surface area (Å²) in [6.45, 7) is 0. The number of nitrogens with zero attached hydrogens (tertiary/aromatic N) is 1. The minimum absolute atomic E-state index is 0.282. The van der Waals surface area contributed by atoms with Crippen LogP contribution in [0.2, 0.25) is 0 Å². The lowest BCUT2D eigenvalue weighted by Crippen LogP contribution is -2.51. The Kier molecular flexibility index (Phi) is 2.83. The number of benzene rings is 1. The first-order valence-electron chi connectivity index (χ1n) is 7.38. The molecule has 0 amide bonds. The molecule has 8 heteroatoms. The molecule has 1 aromatic carbocycles. The van der Waals surface area contributed by atoms with Gasteiger partial charge in [0.15, 0.2) is 0 Å². The van der Waals surface area contributed by atoms with Gasteiger partial charge in [-0.1, -0.05) is 12.1 Å². The fourth-order valence-corrected chi connectivity index (χ4v) is 3.58. The molecule has 5 nitrogen and oxygen atoms in total. The molecule has 4 rings (SSSR count). The minimum Gasteiger partial charge on any atom is -0.383 e. The highest BCUT2D eigenvalue weighted by atomic mass is 19.4. The second-order valence-electron chi connectivity index (χ2n) is 6.16. The van der Waals surface area contributed by atoms with Crippen molar-refractivity contribution in [1.29, 1.82) is 0 Å². The molecule has 122 valence electrons. The maximum Gasteiger partial charge on any atom is 0.421 e. The van der Waals surface area contributed by atoms with Gasteiger partial charge in [0.1, 0.15) is 11.4 Å². The zero-order valence-corrected chi connectivity index (χ0v) is 12.1. The zero-order chi connectivity index (χ0) is 16.4. The molecule has 1 aromatic rings. The zero-order valence-electron chi connectivity index (χ0n) is 12.1. The third-order valence-corrected chi connectivity index (χ3v) is 4.74. The van der Waals surface area contributed by atoms with E-state index in [9.17, 15) is 13.2 Å². The van der Waals surface area contributed by atoms with Crippen molar-refractivity contribution >= 4 is 5.84 Å². The van der Waals surface area contributed by atoms with Gasteiger partial charge in [-0.25, -0.2) is 4.99 Å². The van der Waals surface area contributed by atoms with Gasteiger partial charge >= 0.3 is 6.18 Å². The highest BCUT2D eigenvalue weighted by molar-refractivity contribution is 5.99. The number of amidine groups is 1. The van der Waals surface area contributed by atoms with Crippen molar-refractivity contribution < 1.29 is 13.2 Å². The maximum atomic E-state index is 12.8. The van der Waals surface area contributed by atoms with E-state index in [1.165, 1.54) is 5.56 Å². The Morgan fingerprint density at radius 2 is 1.87 bits per heavy atom. The first-order chi connectivity index (χ1) is 10.8. The first kappa shape index (κ1) is 14.5. The molecule has 1 saturated heterocycles. The van der Waals surface area contributed by atoms with E-state index >= 15 is 0 Å². The van der Waals surface area contributed by atoms with Gasteiger partial charge in [-0.2, -0.15) is 13.2 Å². The van der Waals surface area contributed by atoms with Gasteiger partial charge in [0.05, 0.1) is 0 Å². The average molecular weight is 323 g/mol. The second-order valence-corrected chi connectivity index (χ2v) is 6.16. The normalized spacial score (nSPS) is 32.2. The molecule has 23 heavy (non-hydrogen) atoms. The lowest BCUT2D eigenvalue weighted by molar-refractivity contribution is -0.0870. The van der Waals surface area contributed by atoms with Crippen LogP contribution in [0.4, 0.5) is 13.2 Å². The quantitative estimate of drug-likeness (QED) is 0.633. The number of halogens is 3. The van der Waals surface area contributed by atoms with Crippen LogP contribution < -0.4 is 22.1 Å². The Bertz CT molecular complexity index is 739. The average Bonchev–Trinajstić information content (AvgIpc) is 3.07. The summed E-state index contributed by atoms with van der Waals surface area (Å²) in [5.74, 6) is -2.10. The van der Waals surface area contributed by atoms with Crippen LogP contribution in [0.3, 0.4) is 0 Å². The number of alkyl halides is 3. The molecule has 0 radical (unpaired) electrons. The molecular weight excluding hydrogens is 307 g/mol. The largest absolute Gasteiger partial charge is 0.421 e. The molecule has 0 aliphatic carbocycles. The van der Waals surface area contributed by atoms with Crippen molar-refractivity contribution in [2.75, 3.05) is 0 Å². The lowest BCUT2D eigenvalue weighted by Gasteiger charge is -2.32. The fourth-order valence-electron chi connectivity index (χ4n) is 3.58. The summed E-state index contributed by atoms with van der Waals surface area (Å²) in [5.41, 5.74) is 13.6. The summed E-state index contributed by atoms with van der Waals surface area (Å²) < 4.78 is 38.4. The van der Waals surface area contributed by atoms with Gasteiger partial charge in [0, 0.05) is 23.8 Å². The van der Waals surface area contributed by atoms with E-state index in [0.717, 1.165) is 24.6 Å². The van der Waals surface area contributed by atoms with Crippen LogP contribution >= 0.6 is 0 Å². The molecule has 0 aromatic heterocycles. The molecular formula is C15H16F3N5. The van der Waals surface area contributed by atoms with E-state index in [2.05, 4.69) is 15.6 Å². The number of aliphatic imine (C=N–C) groups is 1. The predicted molar refractivity (Wildman–Crippen MR) is 79.1 cm³/mol. The Hall–Kier alpha value is -2.06. The first-order valence-corrected chi connectivity index (χ1v) is 7.38. The SMILES string of the molecule is NC1=NC(N)(c2ccc3c(c2)C2CCC3N2)NC=C1C(F)(F)F.